The van der Waals surface area contributed by atoms with Crippen LogP contribution in [-0.4, -0.2) is 30.3 Å². The Labute approximate surface area is 144 Å². The molecule has 0 aliphatic heterocycles. The lowest BCUT2D eigenvalue weighted by Gasteiger charge is -2.12. The average Bonchev–Trinajstić information content (AvgIpc) is 3.04. The summed E-state index contributed by atoms with van der Waals surface area (Å²) in [5.41, 5.74) is 1.67. The molecule has 0 spiro atoms. The summed E-state index contributed by atoms with van der Waals surface area (Å²) in [6.07, 6.45) is 0. The first-order chi connectivity index (χ1) is 12.0. The highest BCUT2D eigenvalue weighted by molar-refractivity contribution is 6.02. The van der Waals surface area contributed by atoms with Gasteiger partial charge in [0.25, 0.3) is 5.71 Å². The molecule has 7 heteroatoms. The summed E-state index contributed by atoms with van der Waals surface area (Å²) in [5, 5.41) is 16.0. The lowest BCUT2D eigenvalue weighted by Crippen LogP contribution is -2.23. The molecule has 25 heavy (non-hydrogen) atoms. The number of benzene rings is 1. The number of methoxy groups -OCH3 is 2. The van der Waals surface area contributed by atoms with E-state index in [2.05, 4.69) is 10.1 Å². The van der Waals surface area contributed by atoms with Gasteiger partial charge in [0.1, 0.15) is 11.5 Å². The molecule has 0 fully saturated rings. The Morgan fingerprint density at radius 3 is 2.56 bits per heavy atom. The maximum atomic E-state index is 11.7. The number of carboxylic acids is 1. The van der Waals surface area contributed by atoms with E-state index in [0.29, 0.717) is 33.8 Å². The largest absolute Gasteiger partial charge is 0.545 e. The molecule has 7 nitrogen and oxygen atoms in total. The standard InChI is InChI=1S/C18H18N2O5/c1-9(2)16-15-12(18(21)22)8-13(19-17(15)25-20-16)11-6-5-10(23-3)7-14(11)24-4/h5-9H,1-4H3,(H,21,22)/p-1. The van der Waals surface area contributed by atoms with Crippen molar-refractivity contribution in [1.82, 2.24) is 10.1 Å². The summed E-state index contributed by atoms with van der Waals surface area (Å²) in [4.78, 5) is 16.1. The van der Waals surface area contributed by atoms with Gasteiger partial charge in [-0.25, -0.2) is 4.98 Å². The van der Waals surface area contributed by atoms with Crippen molar-refractivity contribution in [1.29, 1.82) is 0 Å². The van der Waals surface area contributed by atoms with Crippen LogP contribution in [0.25, 0.3) is 22.4 Å². The van der Waals surface area contributed by atoms with Gasteiger partial charge in [0.05, 0.1) is 37.0 Å². The minimum atomic E-state index is -1.31. The average molecular weight is 341 g/mol. The molecule has 3 rings (SSSR count). The molecule has 3 aromatic rings. The Kier molecular flexibility index (Phi) is 4.31. The SMILES string of the molecule is COc1ccc(-c2cc(C(=O)[O-])c3c(C(C)C)noc3n2)c(OC)c1. The number of rotatable bonds is 5. The maximum absolute atomic E-state index is 11.7. The van der Waals surface area contributed by atoms with Gasteiger partial charge < -0.3 is 23.9 Å². The van der Waals surface area contributed by atoms with Gasteiger partial charge in [0.15, 0.2) is 0 Å². The molecular formula is C18H17N2O5-. The fraction of sp³-hybridized carbons (Fsp3) is 0.278. The monoisotopic (exact) mass is 341 g/mol. The summed E-state index contributed by atoms with van der Waals surface area (Å²) >= 11 is 0. The van der Waals surface area contributed by atoms with E-state index in [1.54, 1.807) is 25.3 Å². The third-order valence-electron chi connectivity index (χ3n) is 3.92. The molecule has 0 radical (unpaired) electrons. The van der Waals surface area contributed by atoms with E-state index >= 15 is 0 Å². The van der Waals surface area contributed by atoms with Crippen LogP contribution in [0.4, 0.5) is 0 Å². The van der Waals surface area contributed by atoms with Crippen LogP contribution in [0, 0.1) is 0 Å². The molecule has 1 aromatic carbocycles. The zero-order valence-corrected chi connectivity index (χ0v) is 14.3. The number of hydrogen-bond donors (Lipinski definition) is 0. The Bertz CT molecular complexity index is 946. The van der Waals surface area contributed by atoms with Gasteiger partial charge in [0.2, 0.25) is 0 Å². The molecule has 2 aromatic heterocycles. The molecule has 0 N–H and O–H groups in total. The third-order valence-corrected chi connectivity index (χ3v) is 3.92. The Morgan fingerprint density at radius 2 is 1.96 bits per heavy atom. The second kappa shape index (κ2) is 6.43. The summed E-state index contributed by atoms with van der Waals surface area (Å²) in [7, 11) is 3.07. The Morgan fingerprint density at radius 1 is 1.20 bits per heavy atom. The van der Waals surface area contributed by atoms with Crippen LogP contribution >= 0.6 is 0 Å². The molecule has 2 heterocycles. The lowest BCUT2D eigenvalue weighted by molar-refractivity contribution is -0.254. The molecule has 0 atom stereocenters. The molecule has 0 unspecified atom stereocenters. The second-order valence-electron chi connectivity index (χ2n) is 5.81. The van der Waals surface area contributed by atoms with E-state index in [-0.39, 0.29) is 17.2 Å². The van der Waals surface area contributed by atoms with Gasteiger partial charge >= 0.3 is 0 Å². The number of pyridine rings is 1. The molecule has 130 valence electrons. The van der Waals surface area contributed by atoms with E-state index in [0.717, 1.165) is 0 Å². The van der Waals surface area contributed by atoms with E-state index in [1.807, 2.05) is 13.8 Å². The van der Waals surface area contributed by atoms with Gasteiger partial charge in [0, 0.05) is 17.2 Å². The fourth-order valence-electron chi connectivity index (χ4n) is 2.68. The van der Waals surface area contributed by atoms with E-state index < -0.39 is 5.97 Å². The summed E-state index contributed by atoms with van der Waals surface area (Å²) in [6, 6.07) is 6.62. The number of hydrogen-bond acceptors (Lipinski definition) is 7. The van der Waals surface area contributed by atoms with Crippen LogP contribution in [-0.2, 0) is 0 Å². The molecule has 0 aliphatic carbocycles. The van der Waals surface area contributed by atoms with Crippen LogP contribution in [0.5, 0.6) is 11.5 Å². The minimum Gasteiger partial charge on any atom is -0.545 e. The number of aromatic carboxylic acids is 1. The molecule has 0 aliphatic rings. The highest BCUT2D eigenvalue weighted by atomic mass is 16.5. The Hall–Kier alpha value is -3.09. The number of nitrogens with zero attached hydrogens (tertiary/aromatic N) is 2. The van der Waals surface area contributed by atoms with Crippen LogP contribution < -0.4 is 14.6 Å². The quantitative estimate of drug-likeness (QED) is 0.703. The number of ether oxygens (including phenoxy) is 2. The zero-order chi connectivity index (χ0) is 18.1. The number of aromatic nitrogens is 2. The van der Waals surface area contributed by atoms with Crippen molar-refractivity contribution in [3.63, 3.8) is 0 Å². The molecule has 0 amide bonds. The predicted molar refractivity (Wildman–Crippen MR) is 88.8 cm³/mol. The van der Waals surface area contributed by atoms with Gasteiger partial charge in [-0.3, -0.25) is 0 Å². The third kappa shape index (κ3) is 2.88. The van der Waals surface area contributed by atoms with Crippen molar-refractivity contribution in [2.24, 2.45) is 0 Å². The first kappa shape index (κ1) is 16.8. The normalized spacial score (nSPS) is 11.1. The molecule has 0 saturated carbocycles. The van der Waals surface area contributed by atoms with Crippen LogP contribution in [0.3, 0.4) is 0 Å². The smallest absolute Gasteiger partial charge is 0.259 e. The van der Waals surface area contributed by atoms with Crippen molar-refractivity contribution in [2.75, 3.05) is 14.2 Å². The first-order valence-corrected chi connectivity index (χ1v) is 7.70. The highest BCUT2D eigenvalue weighted by Crippen LogP contribution is 2.35. The van der Waals surface area contributed by atoms with Gasteiger partial charge in [-0.2, -0.15) is 0 Å². The zero-order valence-electron chi connectivity index (χ0n) is 14.3. The summed E-state index contributed by atoms with van der Waals surface area (Å²) in [6.45, 7) is 3.80. The van der Waals surface area contributed by atoms with Crippen molar-refractivity contribution in [3.05, 3.63) is 35.5 Å². The lowest BCUT2D eigenvalue weighted by atomic mass is 10.0. The molecule has 0 saturated heterocycles. The minimum absolute atomic E-state index is 0.0113. The van der Waals surface area contributed by atoms with Crippen LogP contribution in [0.2, 0.25) is 0 Å². The number of carboxylic acid groups (broad SMARTS) is 1. The van der Waals surface area contributed by atoms with Crippen LogP contribution in [0.1, 0.15) is 35.8 Å². The van der Waals surface area contributed by atoms with Gasteiger partial charge in [-0.05, 0) is 24.1 Å². The van der Waals surface area contributed by atoms with E-state index in [4.69, 9.17) is 14.0 Å². The molecule has 0 bridgehead atoms. The summed E-state index contributed by atoms with van der Waals surface area (Å²) in [5.74, 6) is -0.212. The highest BCUT2D eigenvalue weighted by Gasteiger charge is 2.20. The van der Waals surface area contributed by atoms with Gasteiger partial charge in [-0.1, -0.05) is 19.0 Å². The van der Waals surface area contributed by atoms with E-state index in [9.17, 15) is 9.90 Å². The second-order valence-corrected chi connectivity index (χ2v) is 5.81. The van der Waals surface area contributed by atoms with Crippen molar-refractivity contribution >= 4 is 17.1 Å². The van der Waals surface area contributed by atoms with E-state index in [1.165, 1.54) is 13.2 Å². The number of carbonyl (C=O) groups excluding carboxylic acids is 1. The van der Waals surface area contributed by atoms with Crippen LogP contribution in [0.15, 0.2) is 28.8 Å². The molecular weight excluding hydrogens is 324 g/mol. The van der Waals surface area contributed by atoms with Crippen molar-refractivity contribution < 1.29 is 23.9 Å². The van der Waals surface area contributed by atoms with Crippen molar-refractivity contribution in [2.45, 2.75) is 19.8 Å². The number of fused-ring (bicyclic) bond motifs is 1. The summed E-state index contributed by atoms with van der Waals surface area (Å²) < 4.78 is 15.8. The fourth-order valence-corrected chi connectivity index (χ4v) is 2.68. The first-order valence-electron chi connectivity index (χ1n) is 7.70. The topological polar surface area (TPSA) is 97.5 Å². The number of carbonyl (C=O) groups is 1. The Balaban J connectivity index is 2.27. The van der Waals surface area contributed by atoms with Gasteiger partial charge in [-0.15, -0.1) is 0 Å². The predicted octanol–water partition coefficient (Wildman–Crippen LogP) is 2.39. The van der Waals surface area contributed by atoms with Crippen molar-refractivity contribution in [3.8, 4) is 22.8 Å². The maximum Gasteiger partial charge on any atom is 0.259 e.